The first kappa shape index (κ1) is 27.9. The van der Waals surface area contributed by atoms with Crippen LogP contribution >= 0.6 is 0 Å². The van der Waals surface area contributed by atoms with Gasteiger partial charge < -0.3 is 30.7 Å². The van der Waals surface area contributed by atoms with Gasteiger partial charge >= 0.3 is 0 Å². The van der Waals surface area contributed by atoms with E-state index in [0.717, 1.165) is 37.9 Å². The molecule has 2 aromatic carbocycles. The van der Waals surface area contributed by atoms with Gasteiger partial charge in [0, 0.05) is 32.1 Å². The lowest BCUT2D eigenvalue weighted by atomic mass is 10.1. The highest BCUT2D eigenvalue weighted by Gasteiger charge is 2.24. The van der Waals surface area contributed by atoms with Gasteiger partial charge in [0.25, 0.3) is 5.91 Å². The SMILES string of the molecule is O=C1COc2c(CCNCCN(C(=O)CCNCCc3ccccc3)C3CCCCCC3)ccc(O)c2N1. The number of ether oxygens (including phenoxy) is 1. The van der Waals surface area contributed by atoms with Crippen LogP contribution in [0.4, 0.5) is 5.69 Å². The molecule has 4 rings (SSSR count). The Kier molecular flexibility index (Phi) is 10.8. The maximum Gasteiger partial charge on any atom is 0.262 e. The van der Waals surface area contributed by atoms with E-state index in [1.54, 1.807) is 6.07 Å². The summed E-state index contributed by atoms with van der Waals surface area (Å²) in [5.41, 5.74) is 2.59. The van der Waals surface area contributed by atoms with E-state index in [-0.39, 0.29) is 24.2 Å². The van der Waals surface area contributed by atoms with Crippen molar-refractivity contribution in [3.8, 4) is 11.5 Å². The van der Waals surface area contributed by atoms with E-state index in [2.05, 4.69) is 45.1 Å². The number of rotatable bonds is 13. The predicted octanol–water partition coefficient (Wildman–Crippen LogP) is 3.63. The molecule has 1 aliphatic heterocycles. The maximum absolute atomic E-state index is 13.3. The van der Waals surface area contributed by atoms with Crippen LogP contribution in [-0.2, 0) is 22.4 Å². The molecule has 0 aromatic heterocycles. The number of nitrogens with one attached hydrogen (secondary N) is 3. The lowest BCUT2D eigenvalue weighted by Crippen LogP contribution is -2.45. The molecule has 0 atom stereocenters. The van der Waals surface area contributed by atoms with Crippen LogP contribution in [0.2, 0.25) is 0 Å². The summed E-state index contributed by atoms with van der Waals surface area (Å²) in [6.45, 7) is 3.66. The van der Waals surface area contributed by atoms with Gasteiger partial charge in [0.2, 0.25) is 5.91 Å². The minimum absolute atomic E-state index is 0.0110. The largest absolute Gasteiger partial charge is 0.506 e. The number of phenolic OH excluding ortho intramolecular Hbond substituents is 1. The predicted molar refractivity (Wildman–Crippen MR) is 150 cm³/mol. The van der Waals surface area contributed by atoms with Gasteiger partial charge in [-0.2, -0.15) is 0 Å². The second-order valence-corrected chi connectivity index (χ2v) is 10.3. The van der Waals surface area contributed by atoms with Crippen LogP contribution in [0, 0.1) is 0 Å². The third kappa shape index (κ3) is 8.20. The fraction of sp³-hybridized carbons (Fsp3) is 0.533. The Hall–Kier alpha value is -3.10. The molecule has 0 unspecified atom stereocenters. The first-order chi connectivity index (χ1) is 18.6. The van der Waals surface area contributed by atoms with Gasteiger partial charge in [-0.1, -0.05) is 62.1 Å². The summed E-state index contributed by atoms with van der Waals surface area (Å²) >= 11 is 0. The zero-order chi connectivity index (χ0) is 26.6. The molecule has 2 aromatic rings. The Morgan fingerprint density at radius 3 is 2.47 bits per heavy atom. The second kappa shape index (κ2) is 14.7. The average molecular weight is 523 g/mol. The number of hydrogen-bond acceptors (Lipinski definition) is 6. The Morgan fingerprint density at radius 1 is 0.947 bits per heavy atom. The van der Waals surface area contributed by atoms with Gasteiger partial charge in [0.1, 0.15) is 11.4 Å². The topological polar surface area (TPSA) is 103 Å². The van der Waals surface area contributed by atoms with Gasteiger partial charge in [-0.15, -0.1) is 0 Å². The number of phenols is 1. The molecular weight excluding hydrogens is 480 g/mol. The number of carbonyl (C=O) groups is 2. The van der Waals surface area contributed by atoms with Crippen molar-refractivity contribution in [2.75, 3.05) is 44.6 Å². The Balaban J connectivity index is 1.23. The maximum atomic E-state index is 13.3. The molecular formula is C30H42N4O4. The molecule has 0 spiro atoms. The quantitative estimate of drug-likeness (QED) is 0.182. The summed E-state index contributed by atoms with van der Waals surface area (Å²) in [5, 5.41) is 19.7. The zero-order valence-corrected chi connectivity index (χ0v) is 22.3. The minimum Gasteiger partial charge on any atom is -0.506 e. The number of hydrogen-bond donors (Lipinski definition) is 4. The molecule has 1 saturated carbocycles. The monoisotopic (exact) mass is 522 g/mol. The summed E-state index contributed by atoms with van der Waals surface area (Å²) in [4.78, 5) is 27.0. The molecule has 4 N–H and O–H groups in total. The van der Waals surface area contributed by atoms with E-state index in [9.17, 15) is 14.7 Å². The molecule has 2 aliphatic rings. The lowest BCUT2D eigenvalue weighted by molar-refractivity contribution is -0.133. The van der Waals surface area contributed by atoms with Gasteiger partial charge in [-0.05, 0) is 56.0 Å². The Labute approximate surface area is 226 Å². The van der Waals surface area contributed by atoms with Crippen LogP contribution in [0.15, 0.2) is 42.5 Å². The molecule has 8 heteroatoms. The zero-order valence-electron chi connectivity index (χ0n) is 22.3. The highest BCUT2D eigenvalue weighted by atomic mass is 16.5. The first-order valence-electron chi connectivity index (χ1n) is 14.1. The number of amides is 2. The fourth-order valence-corrected chi connectivity index (χ4v) is 5.38. The number of nitrogens with zero attached hydrogens (tertiary/aromatic N) is 1. The van der Waals surface area contributed by atoms with E-state index >= 15 is 0 Å². The van der Waals surface area contributed by atoms with Crippen molar-refractivity contribution < 1.29 is 19.4 Å². The van der Waals surface area contributed by atoms with Crippen LogP contribution in [0.25, 0.3) is 0 Å². The smallest absolute Gasteiger partial charge is 0.262 e. The highest BCUT2D eigenvalue weighted by molar-refractivity contribution is 5.97. The summed E-state index contributed by atoms with van der Waals surface area (Å²) in [6.07, 6.45) is 9.28. The van der Waals surface area contributed by atoms with Crippen molar-refractivity contribution in [2.45, 2.75) is 63.8 Å². The normalized spacial score (nSPS) is 15.7. The number of carbonyl (C=O) groups excluding carboxylic acids is 2. The van der Waals surface area contributed by atoms with Crippen molar-refractivity contribution in [3.63, 3.8) is 0 Å². The van der Waals surface area contributed by atoms with Crippen molar-refractivity contribution in [1.29, 1.82) is 0 Å². The third-order valence-corrected chi connectivity index (χ3v) is 7.46. The van der Waals surface area contributed by atoms with Crippen LogP contribution < -0.4 is 20.7 Å². The fourth-order valence-electron chi connectivity index (χ4n) is 5.38. The van der Waals surface area contributed by atoms with E-state index in [4.69, 9.17) is 4.74 Å². The van der Waals surface area contributed by atoms with Crippen molar-refractivity contribution in [3.05, 3.63) is 53.6 Å². The molecule has 0 saturated heterocycles. The molecule has 8 nitrogen and oxygen atoms in total. The highest BCUT2D eigenvalue weighted by Crippen LogP contribution is 2.39. The number of benzene rings is 2. The summed E-state index contributed by atoms with van der Waals surface area (Å²) < 4.78 is 5.59. The first-order valence-corrected chi connectivity index (χ1v) is 14.1. The third-order valence-electron chi connectivity index (χ3n) is 7.46. The molecule has 0 radical (unpaired) electrons. The van der Waals surface area contributed by atoms with Crippen LogP contribution in [0.5, 0.6) is 11.5 Å². The van der Waals surface area contributed by atoms with Gasteiger partial charge in [0.05, 0.1) is 0 Å². The van der Waals surface area contributed by atoms with Crippen molar-refractivity contribution in [2.24, 2.45) is 0 Å². The molecule has 206 valence electrons. The molecule has 0 bridgehead atoms. The number of anilines is 1. The van der Waals surface area contributed by atoms with Gasteiger partial charge in [0.15, 0.2) is 12.4 Å². The summed E-state index contributed by atoms with van der Waals surface area (Å²) in [5.74, 6) is 0.527. The number of fused-ring (bicyclic) bond motifs is 1. The number of aromatic hydroxyl groups is 1. The molecule has 1 fully saturated rings. The van der Waals surface area contributed by atoms with Crippen LogP contribution in [0.1, 0.15) is 56.1 Å². The van der Waals surface area contributed by atoms with Crippen LogP contribution in [0.3, 0.4) is 0 Å². The minimum atomic E-state index is -0.266. The molecule has 1 aliphatic carbocycles. The van der Waals surface area contributed by atoms with Crippen molar-refractivity contribution >= 4 is 17.5 Å². The van der Waals surface area contributed by atoms with E-state index in [0.29, 0.717) is 50.0 Å². The lowest BCUT2D eigenvalue weighted by Gasteiger charge is -2.32. The Bertz CT molecular complexity index is 1040. The molecule has 1 heterocycles. The Morgan fingerprint density at radius 2 is 1.68 bits per heavy atom. The summed E-state index contributed by atoms with van der Waals surface area (Å²) in [6, 6.07) is 14.2. The average Bonchev–Trinajstić information content (AvgIpc) is 3.22. The van der Waals surface area contributed by atoms with Crippen LogP contribution in [-0.4, -0.2) is 67.2 Å². The van der Waals surface area contributed by atoms with Gasteiger partial charge in [-0.25, -0.2) is 0 Å². The molecule has 38 heavy (non-hydrogen) atoms. The van der Waals surface area contributed by atoms with E-state index in [1.165, 1.54) is 31.2 Å². The molecule has 2 amide bonds. The van der Waals surface area contributed by atoms with E-state index in [1.807, 2.05) is 12.1 Å². The van der Waals surface area contributed by atoms with E-state index < -0.39 is 0 Å². The standard InChI is InChI=1S/C30H42N4O4/c35-26-13-12-24(30-29(26)33-27(36)22-38-30)15-18-32-20-21-34(25-10-6-1-2-7-11-25)28(37)16-19-31-17-14-23-8-4-3-5-9-23/h3-5,8-9,12-13,25,31-32,35H,1-2,6-7,10-11,14-22H2,(H,33,36). The second-order valence-electron chi connectivity index (χ2n) is 10.3. The van der Waals surface area contributed by atoms with Crippen molar-refractivity contribution in [1.82, 2.24) is 15.5 Å². The summed E-state index contributed by atoms with van der Waals surface area (Å²) in [7, 11) is 0. The van der Waals surface area contributed by atoms with Gasteiger partial charge in [-0.3, -0.25) is 9.59 Å².